The molecule has 0 saturated carbocycles. The molecular formula is C10H17BrN2O. The molecule has 0 amide bonds. The van der Waals surface area contributed by atoms with Gasteiger partial charge in [0, 0.05) is 24.3 Å². The van der Waals surface area contributed by atoms with Crippen molar-refractivity contribution in [1.29, 1.82) is 0 Å². The summed E-state index contributed by atoms with van der Waals surface area (Å²) in [5.74, 6) is 0. The van der Waals surface area contributed by atoms with Crippen molar-refractivity contribution in [3.8, 4) is 0 Å². The molecule has 1 rings (SSSR count). The van der Waals surface area contributed by atoms with Crippen LogP contribution in [0.3, 0.4) is 0 Å². The minimum absolute atomic E-state index is 0.00505. The number of nitrogens with one attached hydrogen (secondary N) is 1. The van der Waals surface area contributed by atoms with Gasteiger partial charge in [-0.25, -0.2) is 4.79 Å². The highest BCUT2D eigenvalue weighted by Crippen LogP contribution is 2.05. The van der Waals surface area contributed by atoms with Crippen LogP contribution in [-0.2, 0) is 6.54 Å². The third kappa shape index (κ3) is 4.13. The molecule has 0 aliphatic heterocycles. The lowest BCUT2D eigenvalue weighted by atomic mass is 10.1. The van der Waals surface area contributed by atoms with Gasteiger partial charge in [0.1, 0.15) is 0 Å². The summed E-state index contributed by atoms with van der Waals surface area (Å²) >= 11 is 3.41. The lowest BCUT2D eigenvalue weighted by Crippen LogP contribution is -2.15. The SMILES string of the molecule is O=c1[nH]ccn1CCCCCCCBr. The number of aryl methyl sites for hydroxylation is 1. The quantitative estimate of drug-likeness (QED) is 0.594. The first-order chi connectivity index (χ1) is 6.84. The third-order valence-corrected chi connectivity index (χ3v) is 2.82. The van der Waals surface area contributed by atoms with E-state index in [0.29, 0.717) is 0 Å². The van der Waals surface area contributed by atoms with Crippen molar-refractivity contribution < 1.29 is 0 Å². The van der Waals surface area contributed by atoms with Crippen molar-refractivity contribution in [1.82, 2.24) is 9.55 Å². The Balaban J connectivity index is 2.05. The van der Waals surface area contributed by atoms with Gasteiger partial charge < -0.3 is 4.98 Å². The van der Waals surface area contributed by atoms with Gasteiger partial charge in [-0.3, -0.25) is 4.57 Å². The van der Waals surface area contributed by atoms with Crippen molar-refractivity contribution in [3.05, 3.63) is 22.9 Å². The first kappa shape index (κ1) is 11.6. The standard InChI is InChI=1S/C10H17BrN2O/c11-6-4-2-1-3-5-8-13-9-7-12-10(13)14/h7,9H,1-6,8H2,(H,12,14). The molecule has 0 unspecified atom stereocenters. The zero-order chi connectivity index (χ0) is 10.2. The number of nitrogens with zero attached hydrogens (tertiary/aromatic N) is 1. The van der Waals surface area contributed by atoms with Crippen LogP contribution >= 0.6 is 15.9 Å². The van der Waals surface area contributed by atoms with Crippen LogP contribution in [0.1, 0.15) is 32.1 Å². The average Bonchev–Trinajstić information content (AvgIpc) is 2.58. The van der Waals surface area contributed by atoms with Gasteiger partial charge >= 0.3 is 5.69 Å². The number of aromatic nitrogens is 2. The number of halogens is 1. The first-order valence-electron chi connectivity index (χ1n) is 5.14. The molecule has 0 atom stereocenters. The van der Waals surface area contributed by atoms with Gasteiger partial charge in [0.25, 0.3) is 0 Å². The van der Waals surface area contributed by atoms with Crippen LogP contribution in [0.25, 0.3) is 0 Å². The summed E-state index contributed by atoms with van der Waals surface area (Å²) in [5, 5.41) is 1.10. The Labute approximate surface area is 92.7 Å². The molecule has 14 heavy (non-hydrogen) atoms. The molecule has 1 aromatic rings. The summed E-state index contributed by atoms with van der Waals surface area (Å²) < 4.78 is 1.73. The lowest BCUT2D eigenvalue weighted by Gasteiger charge is -2.00. The summed E-state index contributed by atoms with van der Waals surface area (Å²) in [7, 11) is 0. The summed E-state index contributed by atoms with van der Waals surface area (Å²) in [4.78, 5) is 13.7. The highest BCUT2D eigenvalue weighted by Gasteiger charge is 1.95. The molecule has 1 heterocycles. The smallest absolute Gasteiger partial charge is 0.313 e. The molecular weight excluding hydrogens is 244 g/mol. The molecule has 0 aliphatic carbocycles. The van der Waals surface area contributed by atoms with Crippen LogP contribution in [0.15, 0.2) is 17.2 Å². The molecule has 3 nitrogen and oxygen atoms in total. The van der Waals surface area contributed by atoms with E-state index < -0.39 is 0 Å². The van der Waals surface area contributed by atoms with Gasteiger partial charge in [-0.15, -0.1) is 0 Å². The van der Waals surface area contributed by atoms with Crippen molar-refractivity contribution in [2.24, 2.45) is 0 Å². The normalized spacial score (nSPS) is 10.6. The second-order valence-electron chi connectivity index (χ2n) is 3.42. The molecule has 0 fully saturated rings. The third-order valence-electron chi connectivity index (χ3n) is 2.25. The van der Waals surface area contributed by atoms with Crippen molar-refractivity contribution in [2.75, 3.05) is 5.33 Å². The minimum atomic E-state index is 0.00505. The van der Waals surface area contributed by atoms with E-state index >= 15 is 0 Å². The lowest BCUT2D eigenvalue weighted by molar-refractivity contribution is 0.561. The molecule has 0 radical (unpaired) electrons. The molecule has 0 bridgehead atoms. The molecule has 0 saturated heterocycles. The number of aromatic amines is 1. The predicted octanol–water partition coefficient (Wildman–Crippen LogP) is 2.52. The molecule has 0 aliphatic rings. The zero-order valence-electron chi connectivity index (χ0n) is 8.34. The highest BCUT2D eigenvalue weighted by molar-refractivity contribution is 9.09. The maximum absolute atomic E-state index is 11.1. The summed E-state index contributed by atoms with van der Waals surface area (Å²) in [6.07, 6.45) is 9.61. The van der Waals surface area contributed by atoms with Crippen LogP contribution in [0.4, 0.5) is 0 Å². The fraction of sp³-hybridized carbons (Fsp3) is 0.700. The van der Waals surface area contributed by atoms with E-state index in [4.69, 9.17) is 0 Å². The van der Waals surface area contributed by atoms with Crippen LogP contribution in [0.2, 0.25) is 0 Å². The van der Waals surface area contributed by atoms with Gasteiger partial charge in [-0.2, -0.15) is 0 Å². The average molecular weight is 261 g/mol. The first-order valence-corrected chi connectivity index (χ1v) is 6.26. The Kier molecular flexibility index (Phi) is 5.68. The van der Waals surface area contributed by atoms with E-state index in [9.17, 15) is 4.79 Å². The molecule has 80 valence electrons. The highest BCUT2D eigenvalue weighted by atomic mass is 79.9. The van der Waals surface area contributed by atoms with Crippen LogP contribution in [0.5, 0.6) is 0 Å². The Morgan fingerprint density at radius 3 is 2.57 bits per heavy atom. The molecule has 1 aromatic heterocycles. The predicted molar refractivity (Wildman–Crippen MR) is 61.9 cm³/mol. The van der Waals surface area contributed by atoms with E-state index in [2.05, 4.69) is 20.9 Å². The summed E-state index contributed by atoms with van der Waals surface area (Å²) in [6.45, 7) is 0.844. The number of unbranched alkanes of at least 4 members (excludes halogenated alkanes) is 4. The van der Waals surface area contributed by atoms with Crippen molar-refractivity contribution in [3.63, 3.8) is 0 Å². The van der Waals surface area contributed by atoms with Crippen LogP contribution in [0, 0.1) is 0 Å². The minimum Gasteiger partial charge on any atom is -0.313 e. The van der Waals surface area contributed by atoms with Gasteiger partial charge in [0.05, 0.1) is 0 Å². The number of hydrogen-bond donors (Lipinski definition) is 1. The van der Waals surface area contributed by atoms with Crippen LogP contribution in [-0.4, -0.2) is 14.9 Å². The van der Waals surface area contributed by atoms with E-state index in [1.54, 1.807) is 17.0 Å². The molecule has 4 heteroatoms. The number of alkyl halides is 1. The van der Waals surface area contributed by atoms with Gasteiger partial charge in [0.2, 0.25) is 0 Å². The monoisotopic (exact) mass is 260 g/mol. The van der Waals surface area contributed by atoms with Crippen molar-refractivity contribution >= 4 is 15.9 Å². The summed E-state index contributed by atoms with van der Waals surface area (Å²) in [6, 6.07) is 0. The molecule has 1 N–H and O–H groups in total. The van der Waals surface area contributed by atoms with E-state index in [1.165, 1.54) is 25.7 Å². The van der Waals surface area contributed by atoms with Gasteiger partial charge in [0.15, 0.2) is 0 Å². The maximum Gasteiger partial charge on any atom is 0.325 e. The molecule has 0 spiro atoms. The topological polar surface area (TPSA) is 37.8 Å². The fourth-order valence-corrected chi connectivity index (χ4v) is 1.83. The second kappa shape index (κ2) is 6.87. The number of rotatable bonds is 7. The van der Waals surface area contributed by atoms with Gasteiger partial charge in [-0.05, 0) is 12.8 Å². The van der Waals surface area contributed by atoms with E-state index in [-0.39, 0.29) is 5.69 Å². The Hall–Kier alpha value is -0.510. The van der Waals surface area contributed by atoms with E-state index in [1.807, 2.05) is 0 Å². The number of H-pyrrole nitrogens is 1. The Morgan fingerprint density at radius 1 is 1.21 bits per heavy atom. The maximum atomic E-state index is 11.1. The molecule has 0 aromatic carbocycles. The largest absolute Gasteiger partial charge is 0.325 e. The van der Waals surface area contributed by atoms with E-state index in [0.717, 1.165) is 18.3 Å². The van der Waals surface area contributed by atoms with Crippen molar-refractivity contribution in [2.45, 2.75) is 38.6 Å². The fourth-order valence-electron chi connectivity index (χ4n) is 1.43. The number of hydrogen-bond acceptors (Lipinski definition) is 1. The second-order valence-corrected chi connectivity index (χ2v) is 4.21. The van der Waals surface area contributed by atoms with Crippen LogP contribution < -0.4 is 5.69 Å². The summed E-state index contributed by atoms with van der Waals surface area (Å²) in [5.41, 5.74) is 0.00505. The number of imidazole rings is 1. The zero-order valence-corrected chi connectivity index (χ0v) is 9.92. The Bertz CT molecular complexity index is 292. The van der Waals surface area contributed by atoms with Gasteiger partial charge in [-0.1, -0.05) is 35.2 Å². The Morgan fingerprint density at radius 2 is 1.93 bits per heavy atom.